The number of benzene rings is 2. The lowest BCUT2D eigenvalue weighted by Crippen LogP contribution is -2.19. The molecule has 8 heteroatoms. The summed E-state index contributed by atoms with van der Waals surface area (Å²) in [5.41, 5.74) is 5.87. The largest absolute Gasteiger partial charge is 0.272 e. The molecular formula is C18H16BrN5OS. The minimum atomic E-state index is -0.159. The Hall–Kier alpha value is -2.45. The van der Waals surface area contributed by atoms with Gasteiger partial charge in [-0.2, -0.15) is 20.5 Å². The number of aromatic nitrogens is 3. The third kappa shape index (κ3) is 5.27. The molecule has 1 heterocycles. The number of nitrogens with zero attached hydrogens (tertiary/aromatic N) is 3. The quantitative estimate of drug-likeness (QED) is 0.443. The van der Waals surface area contributed by atoms with Gasteiger partial charge in [0.15, 0.2) is 0 Å². The Labute approximate surface area is 163 Å². The number of H-pyrrole nitrogens is 1. The number of carbonyl (C=O) groups excluding carboxylic acids is 1. The Morgan fingerprint density at radius 3 is 2.69 bits per heavy atom. The highest BCUT2D eigenvalue weighted by molar-refractivity contribution is 9.10. The number of hydrogen-bond donors (Lipinski definition) is 2. The zero-order valence-corrected chi connectivity index (χ0v) is 16.1. The second kappa shape index (κ2) is 9.30. The molecule has 0 aliphatic rings. The molecule has 0 saturated carbocycles. The van der Waals surface area contributed by atoms with Crippen molar-refractivity contribution in [1.29, 1.82) is 0 Å². The van der Waals surface area contributed by atoms with Crippen LogP contribution in [-0.4, -0.2) is 33.3 Å². The molecule has 2 N–H and O–H groups in total. The number of amides is 1. The Morgan fingerprint density at radius 1 is 1.15 bits per heavy atom. The van der Waals surface area contributed by atoms with Gasteiger partial charge >= 0.3 is 0 Å². The summed E-state index contributed by atoms with van der Waals surface area (Å²) < 4.78 is 1.04. The molecule has 3 aromatic rings. The van der Waals surface area contributed by atoms with Crippen molar-refractivity contribution < 1.29 is 4.79 Å². The van der Waals surface area contributed by atoms with Crippen LogP contribution in [0.2, 0.25) is 0 Å². The number of nitrogens with one attached hydrogen (secondary N) is 2. The third-order valence-electron chi connectivity index (χ3n) is 3.41. The number of hydrogen-bond acceptors (Lipinski definition) is 5. The lowest BCUT2D eigenvalue weighted by Gasteiger charge is -2.02. The van der Waals surface area contributed by atoms with Gasteiger partial charge in [-0.1, -0.05) is 58.4 Å². The average Bonchev–Trinajstić information content (AvgIpc) is 3.13. The Kier molecular flexibility index (Phi) is 6.56. The van der Waals surface area contributed by atoms with E-state index >= 15 is 0 Å². The van der Waals surface area contributed by atoms with E-state index in [-0.39, 0.29) is 5.91 Å². The Balaban J connectivity index is 1.47. The highest BCUT2D eigenvalue weighted by atomic mass is 79.9. The first kappa shape index (κ1) is 18.3. The van der Waals surface area contributed by atoms with E-state index in [9.17, 15) is 4.79 Å². The molecule has 26 heavy (non-hydrogen) atoms. The van der Waals surface area contributed by atoms with Crippen molar-refractivity contribution in [2.75, 3.05) is 5.75 Å². The summed E-state index contributed by atoms with van der Waals surface area (Å²) in [6, 6.07) is 17.7. The van der Waals surface area contributed by atoms with Crippen LogP contribution in [0.1, 0.15) is 11.3 Å². The number of thioether (sulfide) groups is 1. The van der Waals surface area contributed by atoms with Crippen LogP contribution >= 0.6 is 27.7 Å². The van der Waals surface area contributed by atoms with Gasteiger partial charge in [-0.15, -0.1) is 11.8 Å². The minimum absolute atomic E-state index is 0.159. The number of carbonyl (C=O) groups is 1. The zero-order valence-electron chi connectivity index (χ0n) is 13.7. The van der Waals surface area contributed by atoms with Gasteiger partial charge in [-0.3, -0.25) is 4.79 Å². The first-order chi connectivity index (χ1) is 12.7. The number of hydrazone groups is 1. The molecule has 1 amide bonds. The smallest absolute Gasteiger partial charge is 0.250 e. The highest BCUT2D eigenvalue weighted by Crippen LogP contribution is 2.17. The molecule has 0 atom stereocenters. The standard InChI is InChI=1S/C18H16BrN5OS/c19-15-8-6-13(7-9-15)11-26-12-17(25)22-20-10-16-18(23-24-21-16)14-4-2-1-3-5-14/h1-10H,11-12H2,(H,22,25)(H,21,23,24)/b20-10+. The monoisotopic (exact) mass is 429 g/mol. The SMILES string of the molecule is O=C(CSCc1ccc(Br)cc1)N/N=C/c1n[nH]nc1-c1ccccc1. The van der Waals surface area contributed by atoms with Crippen LogP contribution in [0.15, 0.2) is 64.2 Å². The zero-order chi connectivity index (χ0) is 18.2. The molecule has 1 aromatic heterocycles. The second-order valence-corrected chi connectivity index (χ2v) is 7.24. The summed E-state index contributed by atoms with van der Waals surface area (Å²) in [5, 5.41) is 14.7. The topological polar surface area (TPSA) is 83.0 Å². The predicted octanol–water partition coefficient (Wildman–Crippen LogP) is 3.62. The predicted molar refractivity (Wildman–Crippen MR) is 108 cm³/mol. The fraction of sp³-hybridized carbons (Fsp3) is 0.111. The molecular weight excluding hydrogens is 414 g/mol. The molecule has 2 aromatic carbocycles. The van der Waals surface area contributed by atoms with Crippen LogP contribution in [0.5, 0.6) is 0 Å². The van der Waals surface area contributed by atoms with Gasteiger partial charge in [0.25, 0.3) is 0 Å². The maximum absolute atomic E-state index is 11.9. The van der Waals surface area contributed by atoms with E-state index in [2.05, 4.69) is 41.9 Å². The lowest BCUT2D eigenvalue weighted by atomic mass is 10.1. The molecule has 0 fully saturated rings. The fourth-order valence-electron chi connectivity index (χ4n) is 2.18. The summed E-state index contributed by atoms with van der Waals surface area (Å²) in [5.74, 6) is 0.942. The van der Waals surface area contributed by atoms with Crippen molar-refractivity contribution in [3.8, 4) is 11.3 Å². The Morgan fingerprint density at radius 2 is 1.92 bits per heavy atom. The maximum atomic E-state index is 11.9. The van der Waals surface area contributed by atoms with Crippen LogP contribution in [0.3, 0.4) is 0 Å². The van der Waals surface area contributed by atoms with E-state index in [0.29, 0.717) is 17.1 Å². The Bertz CT molecular complexity index is 880. The average molecular weight is 430 g/mol. The van der Waals surface area contributed by atoms with E-state index in [1.54, 1.807) is 0 Å². The van der Waals surface area contributed by atoms with Crippen molar-refractivity contribution in [2.24, 2.45) is 5.10 Å². The van der Waals surface area contributed by atoms with E-state index in [1.807, 2.05) is 54.6 Å². The van der Waals surface area contributed by atoms with E-state index < -0.39 is 0 Å². The molecule has 0 aliphatic heterocycles. The van der Waals surface area contributed by atoms with Gasteiger partial charge in [0.1, 0.15) is 11.4 Å². The summed E-state index contributed by atoms with van der Waals surface area (Å²) in [4.78, 5) is 11.9. The molecule has 0 radical (unpaired) electrons. The van der Waals surface area contributed by atoms with Crippen LogP contribution in [0, 0.1) is 0 Å². The van der Waals surface area contributed by atoms with E-state index in [0.717, 1.165) is 15.8 Å². The van der Waals surface area contributed by atoms with Gasteiger partial charge in [-0.25, -0.2) is 5.43 Å². The van der Waals surface area contributed by atoms with Crippen molar-refractivity contribution >= 4 is 39.8 Å². The minimum Gasteiger partial charge on any atom is -0.272 e. The number of halogens is 1. The first-order valence-electron chi connectivity index (χ1n) is 7.82. The van der Waals surface area contributed by atoms with Crippen LogP contribution in [0.4, 0.5) is 0 Å². The molecule has 0 aliphatic carbocycles. The maximum Gasteiger partial charge on any atom is 0.250 e. The van der Waals surface area contributed by atoms with Crippen LogP contribution in [-0.2, 0) is 10.5 Å². The second-order valence-electron chi connectivity index (χ2n) is 5.34. The van der Waals surface area contributed by atoms with Crippen molar-refractivity contribution in [3.63, 3.8) is 0 Å². The summed E-state index contributed by atoms with van der Waals surface area (Å²) >= 11 is 4.94. The molecule has 0 bridgehead atoms. The van der Waals surface area contributed by atoms with Crippen molar-refractivity contribution in [3.05, 3.63) is 70.3 Å². The van der Waals surface area contributed by atoms with Crippen molar-refractivity contribution in [2.45, 2.75) is 5.75 Å². The van der Waals surface area contributed by atoms with Gasteiger partial charge in [0.05, 0.1) is 12.0 Å². The van der Waals surface area contributed by atoms with E-state index in [1.165, 1.54) is 23.5 Å². The summed E-state index contributed by atoms with van der Waals surface area (Å²) in [7, 11) is 0. The highest BCUT2D eigenvalue weighted by Gasteiger charge is 2.08. The van der Waals surface area contributed by atoms with Crippen LogP contribution < -0.4 is 5.43 Å². The number of aromatic amines is 1. The van der Waals surface area contributed by atoms with Crippen molar-refractivity contribution in [1.82, 2.24) is 20.8 Å². The first-order valence-corrected chi connectivity index (χ1v) is 9.77. The third-order valence-corrected chi connectivity index (χ3v) is 4.95. The van der Waals surface area contributed by atoms with Gasteiger partial charge in [0.2, 0.25) is 5.91 Å². The summed E-state index contributed by atoms with van der Waals surface area (Å²) in [6.45, 7) is 0. The molecule has 3 rings (SSSR count). The van der Waals surface area contributed by atoms with Gasteiger partial charge < -0.3 is 0 Å². The molecule has 0 unspecified atom stereocenters. The normalized spacial score (nSPS) is 11.0. The molecule has 6 nitrogen and oxygen atoms in total. The summed E-state index contributed by atoms with van der Waals surface area (Å²) in [6.07, 6.45) is 1.49. The van der Waals surface area contributed by atoms with Gasteiger partial charge in [0, 0.05) is 15.8 Å². The van der Waals surface area contributed by atoms with Crippen LogP contribution in [0.25, 0.3) is 11.3 Å². The fourth-order valence-corrected chi connectivity index (χ4v) is 3.22. The van der Waals surface area contributed by atoms with Gasteiger partial charge in [-0.05, 0) is 17.7 Å². The molecule has 132 valence electrons. The lowest BCUT2D eigenvalue weighted by molar-refractivity contribution is -0.118. The molecule has 0 saturated heterocycles. The van der Waals surface area contributed by atoms with E-state index in [4.69, 9.17) is 0 Å². The molecule has 0 spiro atoms. The number of rotatable bonds is 7.